The van der Waals surface area contributed by atoms with E-state index in [1.54, 1.807) is 0 Å². The highest BCUT2D eigenvalue weighted by Gasteiger charge is 2.54. The maximum Gasteiger partial charge on any atom is 0.320 e. The van der Waals surface area contributed by atoms with Gasteiger partial charge in [0.1, 0.15) is 0 Å². The minimum Gasteiger partial charge on any atom is -0.343 e. The summed E-state index contributed by atoms with van der Waals surface area (Å²) in [6.07, 6.45) is 11.9. The fourth-order valence-electron chi connectivity index (χ4n) is 7.09. The Balaban J connectivity index is 1.31. The first-order valence-electron chi connectivity index (χ1n) is 14.0. The Morgan fingerprint density at radius 2 is 1.66 bits per heavy atom. The number of benzene rings is 1. The van der Waals surface area contributed by atoms with Gasteiger partial charge in [0.05, 0.1) is 5.54 Å². The van der Waals surface area contributed by atoms with E-state index in [-0.39, 0.29) is 23.0 Å². The zero-order valence-electron chi connectivity index (χ0n) is 21.9. The number of hydrogen-bond donors (Lipinski definition) is 0. The second-order valence-corrected chi connectivity index (χ2v) is 11.8. The summed E-state index contributed by atoms with van der Waals surface area (Å²) in [7, 11) is 4.41. The Kier molecular flexibility index (Phi) is 7.11. The predicted octanol–water partition coefficient (Wildman–Crippen LogP) is 4.70. The van der Waals surface area contributed by atoms with Crippen LogP contribution < -0.4 is 0 Å². The summed E-state index contributed by atoms with van der Waals surface area (Å²) in [6, 6.07) is 11.1. The number of rotatable bonds is 7. The van der Waals surface area contributed by atoms with Crippen LogP contribution in [-0.4, -0.2) is 83.9 Å². The van der Waals surface area contributed by atoms with Crippen LogP contribution in [0.1, 0.15) is 76.2 Å². The second-order valence-electron chi connectivity index (χ2n) is 11.8. The molecule has 192 valence electrons. The molecule has 0 aromatic heterocycles. The first-order chi connectivity index (χ1) is 16.9. The highest BCUT2D eigenvalue weighted by Crippen LogP contribution is 2.49. The summed E-state index contributed by atoms with van der Waals surface area (Å²) < 4.78 is 0. The Morgan fingerprint density at radius 3 is 2.26 bits per heavy atom. The molecule has 4 fully saturated rings. The number of hydrogen-bond acceptors (Lipinski definition) is 3. The molecule has 6 nitrogen and oxygen atoms in total. The van der Waals surface area contributed by atoms with Crippen molar-refractivity contribution in [1.29, 1.82) is 0 Å². The second kappa shape index (κ2) is 10.1. The largest absolute Gasteiger partial charge is 0.343 e. The highest BCUT2D eigenvalue weighted by atomic mass is 16.2. The van der Waals surface area contributed by atoms with E-state index in [2.05, 4.69) is 54.2 Å². The molecule has 0 radical (unpaired) electrons. The summed E-state index contributed by atoms with van der Waals surface area (Å²) in [5, 5.41) is 0. The molecule has 5 rings (SSSR count). The van der Waals surface area contributed by atoms with Crippen molar-refractivity contribution >= 4 is 11.9 Å². The standard InChI is InChI=1S/C29H44N4O2/c1-30(2)29(25-12-5-3-6-13-25)17-15-28(16-18-29)23-32(27(35)33(28)22-24-10-9-11-24)21-14-26(34)31-19-7-4-8-20-31/h3,5-6,12-13,24H,4,7-11,14-23H2,1-2H3. The molecular weight excluding hydrogens is 436 g/mol. The molecule has 35 heavy (non-hydrogen) atoms. The molecule has 2 saturated heterocycles. The van der Waals surface area contributed by atoms with E-state index in [1.807, 2.05) is 9.80 Å². The summed E-state index contributed by atoms with van der Waals surface area (Å²) in [5.41, 5.74) is 1.32. The Hall–Kier alpha value is -2.08. The van der Waals surface area contributed by atoms with Gasteiger partial charge in [-0.05, 0) is 83.4 Å². The van der Waals surface area contributed by atoms with Crippen molar-refractivity contribution in [3.05, 3.63) is 35.9 Å². The summed E-state index contributed by atoms with van der Waals surface area (Å²) in [5.74, 6) is 0.878. The fourth-order valence-corrected chi connectivity index (χ4v) is 7.09. The van der Waals surface area contributed by atoms with Crippen molar-refractivity contribution in [2.75, 3.05) is 46.8 Å². The lowest BCUT2D eigenvalue weighted by Gasteiger charge is -2.51. The maximum absolute atomic E-state index is 13.7. The molecule has 1 aromatic rings. The van der Waals surface area contributed by atoms with Crippen molar-refractivity contribution in [2.24, 2.45) is 5.92 Å². The zero-order chi connectivity index (χ0) is 24.5. The molecular formula is C29H44N4O2. The molecule has 4 aliphatic rings. The topological polar surface area (TPSA) is 47.1 Å². The van der Waals surface area contributed by atoms with Crippen LogP contribution in [0.5, 0.6) is 0 Å². The number of amides is 3. The van der Waals surface area contributed by atoms with E-state index in [0.717, 1.165) is 64.7 Å². The van der Waals surface area contributed by atoms with Gasteiger partial charge in [0, 0.05) is 44.7 Å². The van der Waals surface area contributed by atoms with Gasteiger partial charge in [0.25, 0.3) is 0 Å². The van der Waals surface area contributed by atoms with Gasteiger partial charge in [0.2, 0.25) is 5.91 Å². The van der Waals surface area contributed by atoms with Crippen LogP contribution in [0.3, 0.4) is 0 Å². The van der Waals surface area contributed by atoms with Crippen LogP contribution in [0.4, 0.5) is 4.79 Å². The van der Waals surface area contributed by atoms with Gasteiger partial charge in [-0.1, -0.05) is 36.8 Å². The minimum atomic E-state index is -0.0882. The first kappa shape index (κ1) is 24.6. The van der Waals surface area contributed by atoms with E-state index >= 15 is 0 Å². The van der Waals surface area contributed by atoms with Gasteiger partial charge < -0.3 is 14.7 Å². The Morgan fingerprint density at radius 1 is 0.971 bits per heavy atom. The molecule has 2 aliphatic heterocycles. The number of piperidine rings is 1. The molecule has 2 aliphatic carbocycles. The van der Waals surface area contributed by atoms with E-state index in [4.69, 9.17) is 0 Å². The van der Waals surface area contributed by atoms with Crippen LogP contribution in [0.2, 0.25) is 0 Å². The molecule has 2 saturated carbocycles. The van der Waals surface area contributed by atoms with Crippen molar-refractivity contribution < 1.29 is 9.59 Å². The van der Waals surface area contributed by atoms with Crippen LogP contribution in [0.25, 0.3) is 0 Å². The first-order valence-corrected chi connectivity index (χ1v) is 14.0. The SMILES string of the molecule is CN(C)C1(c2ccccc2)CCC2(CC1)CN(CCC(=O)N1CCCCC1)C(=O)N2CC1CCC1. The average molecular weight is 481 g/mol. The maximum atomic E-state index is 13.7. The van der Waals surface area contributed by atoms with Gasteiger partial charge in [-0.15, -0.1) is 0 Å². The van der Waals surface area contributed by atoms with Crippen LogP contribution >= 0.6 is 0 Å². The zero-order valence-corrected chi connectivity index (χ0v) is 21.9. The lowest BCUT2D eigenvalue weighted by atomic mass is 9.68. The van der Waals surface area contributed by atoms with Gasteiger partial charge in [0.15, 0.2) is 0 Å². The van der Waals surface area contributed by atoms with Crippen molar-refractivity contribution in [1.82, 2.24) is 19.6 Å². The molecule has 2 heterocycles. The number of likely N-dealkylation sites (tertiary alicyclic amines) is 1. The van der Waals surface area contributed by atoms with E-state index in [0.29, 0.717) is 18.9 Å². The molecule has 0 bridgehead atoms. The smallest absolute Gasteiger partial charge is 0.320 e. The molecule has 0 N–H and O–H groups in total. The third kappa shape index (κ3) is 4.71. The van der Waals surface area contributed by atoms with Crippen molar-refractivity contribution in [3.63, 3.8) is 0 Å². The number of carbonyl (C=O) groups is 2. The summed E-state index contributed by atoms with van der Waals surface area (Å²) in [6.45, 7) is 4.02. The average Bonchev–Trinajstić information content (AvgIpc) is 3.11. The molecule has 0 unspecified atom stereocenters. The summed E-state index contributed by atoms with van der Waals surface area (Å²) in [4.78, 5) is 35.2. The van der Waals surface area contributed by atoms with Crippen molar-refractivity contribution in [3.8, 4) is 0 Å². The number of urea groups is 1. The van der Waals surface area contributed by atoms with Crippen LogP contribution in [0, 0.1) is 5.92 Å². The quantitative estimate of drug-likeness (QED) is 0.569. The molecule has 1 aromatic carbocycles. The van der Waals surface area contributed by atoms with Crippen LogP contribution in [-0.2, 0) is 10.3 Å². The molecule has 6 heteroatoms. The van der Waals surface area contributed by atoms with E-state index in [1.165, 1.54) is 31.2 Å². The lowest BCUT2D eigenvalue weighted by molar-refractivity contribution is -0.132. The third-order valence-corrected chi connectivity index (χ3v) is 9.70. The van der Waals surface area contributed by atoms with Gasteiger partial charge in [-0.25, -0.2) is 4.79 Å². The molecule has 3 amide bonds. The number of carbonyl (C=O) groups excluding carboxylic acids is 2. The third-order valence-electron chi connectivity index (χ3n) is 9.70. The van der Waals surface area contributed by atoms with Crippen LogP contribution in [0.15, 0.2) is 30.3 Å². The van der Waals surface area contributed by atoms with Gasteiger partial charge in [-0.2, -0.15) is 0 Å². The van der Waals surface area contributed by atoms with E-state index < -0.39 is 0 Å². The number of nitrogens with zero attached hydrogens (tertiary/aromatic N) is 4. The minimum absolute atomic E-state index is 0.0232. The fraction of sp³-hybridized carbons (Fsp3) is 0.724. The highest BCUT2D eigenvalue weighted by molar-refractivity contribution is 5.80. The monoisotopic (exact) mass is 480 g/mol. The van der Waals surface area contributed by atoms with E-state index in [9.17, 15) is 9.59 Å². The summed E-state index contributed by atoms with van der Waals surface area (Å²) >= 11 is 0. The van der Waals surface area contributed by atoms with Gasteiger partial charge in [-0.3, -0.25) is 9.69 Å². The molecule has 1 spiro atoms. The lowest BCUT2D eigenvalue weighted by Crippen LogP contribution is -2.56. The van der Waals surface area contributed by atoms with Gasteiger partial charge >= 0.3 is 6.03 Å². The molecule has 0 atom stereocenters. The van der Waals surface area contributed by atoms with Crippen molar-refractivity contribution in [2.45, 2.75) is 81.7 Å². The predicted molar refractivity (Wildman–Crippen MR) is 139 cm³/mol. The Labute approximate surface area is 211 Å². The Bertz CT molecular complexity index is 883. The normalized spacial score (nSPS) is 29.8.